The fraction of sp³-hybridized carbons (Fsp3) is 0.0952. The SMILES string of the molecule is COc1ccccc1-c1cc(C(=O)NCc2cccnc2)nn2cccc12. The molecule has 0 aliphatic carbocycles. The average molecular weight is 358 g/mol. The molecule has 6 heteroatoms. The average Bonchev–Trinajstić information content (AvgIpc) is 3.20. The summed E-state index contributed by atoms with van der Waals surface area (Å²) in [6, 6.07) is 17.1. The normalized spacial score (nSPS) is 10.7. The Labute approximate surface area is 156 Å². The summed E-state index contributed by atoms with van der Waals surface area (Å²) in [5, 5.41) is 7.33. The molecule has 0 saturated carbocycles. The number of nitrogens with zero attached hydrogens (tertiary/aromatic N) is 3. The second-order valence-corrected chi connectivity index (χ2v) is 6.03. The second kappa shape index (κ2) is 7.29. The zero-order valence-corrected chi connectivity index (χ0v) is 14.8. The third-order valence-corrected chi connectivity index (χ3v) is 4.31. The number of fused-ring (bicyclic) bond motifs is 1. The van der Waals surface area contributed by atoms with Crippen molar-refractivity contribution in [3.8, 4) is 16.9 Å². The lowest BCUT2D eigenvalue weighted by Crippen LogP contribution is -2.24. The summed E-state index contributed by atoms with van der Waals surface area (Å²) in [5.74, 6) is 0.499. The van der Waals surface area contributed by atoms with E-state index in [4.69, 9.17) is 4.74 Å². The van der Waals surface area contributed by atoms with E-state index in [0.29, 0.717) is 12.2 Å². The highest BCUT2D eigenvalue weighted by Crippen LogP contribution is 2.33. The van der Waals surface area contributed by atoms with Gasteiger partial charge in [0, 0.05) is 36.3 Å². The van der Waals surface area contributed by atoms with Crippen LogP contribution in [0, 0.1) is 0 Å². The summed E-state index contributed by atoms with van der Waals surface area (Å²) in [7, 11) is 1.64. The summed E-state index contributed by atoms with van der Waals surface area (Å²) >= 11 is 0. The van der Waals surface area contributed by atoms with E-state index in [0.717, 1.165) is 28.0 Å². The molecule has 0 aliphatic rings. The van der Waals surface area contributed by atoms with Crippen molar-refractivity contribution >= 4 is 11.4 Å². The third kappa shape index (κ3) is 3.37. The number of amides is 1. The second-order valence-electron chi connectivity index (χ2n) is 6.03. The van der Waals surface area contributed by atoms with E-state index in [1.165, 1.54) is 0 Å². The molecule has 4 rings (SSSR count). The molecule has 0 atom stereocenters. The molecule has 0 bridgehead atoms. The maximum Gasteiger partial charge on any atom is 0.272 e. The molecule has 27 heavy (non-hydrogen) atoms. The van der Waals surface area contributed by atoms with Crippen LogP contribution >= 0.6 is 0 Å². The van der Waals surface area contributed by atoms with Crippen molar-refractivity contribution in [1.82, 2.24) is 19.9 Å². The van der Waals surface area contributed by atoms with Crippen LogP contribution in [-0.2, 0) is 6.54 Å². The molecule has 0 unspecified atom stereocenters. The zero-order valence-electron chi connectivity index (χ0n) is 14.8. The van der Waals surface area contributed by atoms with Crippen LogP contribution in [0.1, 0.15) is 16.1 Å². The van der Waals surface area contributed by atoms with Crippen LogP contribution in [0.25, 0.3) is 16.6 Å². The predicted octanol–water partition coefficient (Wildman–Crippen LogP) is 3.33. The molecule has 0 spiro atoms. The Morgan fingerprint density at radius 3 is 2.81 bits per heavy atom. The fourth-order valence-electron chi connectivity index (χ4n) is 3.00. The largest absolute Gasteiger partial charge is 0.496 e. The van der Waals surface area contributed by atoms with E-state index in [-0.39, 0.29) is 5.91 Å². The number of ether oxygens (including phenoxy) is 1. The van der Waals surface area contributed by atoms with Gasteiger partial charge in [-0.15, -0.1) is 0 Å². The predicted molar refractivity (Wildman–Crippen MR) is 103 cm³/mol. The van der Waals surface area contributed by atoms with Gasteiger partial charge in [-0.1, -0.05) is 24.3 Å². The zero-order chi connectivity index (χ0) is 18.6. The number of hydrogen-bond donors (Lipinski definition) is 1. The number of hydrogen-bond acceptors (Lipinski definition) is 4. The van der Waals surface area contributed by atoms with Crippen LogP contribution in [-0.4, -0.2) is 27.6 Å². The topological polar surface area (TPSA) is 68.5 Å². The molecule has 6 nitrogen and oxygen atoms in total. The summed E-state index contributed by atoms with van der Waals surface area (Å²) in [6.45, 7) is 0.391. The number of aromatic nitrogens is 3. The number of carbonyl (C=O) groups excluding carboxylic acids is 1. The van der Waals surface area contributed by atoms with E-state index in [9.17, 15) is 4.79 Å². The van der Waals surface area contributed by atoms with Crippen LogP contribution in [0.15, 0.2) is 73.2 Å². The lowest BCUT2D eigenvalue weighted by Gasteiger charge is -2.12. The summed E-state index contributed by atoms with van der Waals surface area (Å²) in [5.41, 5.74) is 3.97. The first-order valence-corrected chi connectivity index (χ1v) is 8.55. The number of methoxy groups -OCH3 is 1. The maximum absolute atomic E-state index is 12.7. The summed E-state index contributed by atoms with van der Waals surface area (Å²) < 4.78 is 7.20. The van der Waals surface area contributed by atoms with E-state index < -0.39 is 0 Å². The molecular formula is C21H18N4O2. The number of para-hydroxylation sites is 1. The third-order valence-electron chi connectivity index (χ3n) is 4.31. The van der Waals surface area contributed by atoms with E-state index in [2.05, 4.69) is 15.4 Å². The minimum Gasteiger partial charge on any atom is -0.496 e. The Balaban J connectivity index is 1.71. The van der Waals surface area contributed by atoms with Crippen LogP contribution < -0.4 is 10.1 Å². The molecule has 134 valence electrons. The van der Waals surface area contributed by atoms with Gasteiger partial charge in [-0.3, -0.25) is 9.78 Å². The van der Waals surface area contributed by atoms with Gasteiger partial charge in [-0.05, 0) is 35.9 Å². The van der Waals surface area contributed by atoms with Crippen molar-refractivity contribution in [3.63, 3.8) is 0 Å². The van der Waals surface area contributed by atoms with Gasteiger partial charge in [0.05, 0.1) is 12.6 Å². The first-order valence-electron chi connectivity index (χ1n) is 8.55. The van der Waals surface area contributed by atoms with Gasteiger partial charge in [-0.25, -0.2) is 4.52 Å². The van der Waals surface area contributed by atoms with E-state index >= 15 is 0 Å². The number of carbonyl (C=O) groups is 1. The van der Waals surface area contributed by atoms with Crippen molar-refractivity contribution in [1.29, 1.82) is 0 Å². The van der Waals surface area contributed by atoms with E-state index in [1.807, 2.05) is 54.7 Å². The van der Waals surface area contributed by atoms with Gasteiger partial charge in [0.1, 0.15) is 11.4 Å². The van der Waals surface area contributed by atoms with Crippen LogP contribution in [0.4, 0.5) is 0 Å². The summed E-state index contributed by atoms with van der Waals surface area (Å²) in [4.78, 5) is 16.7. The highest BCUT2D eigenvalue weighted by atomic mass is 16.5. The lowest BCUT2D eigenvalue weighted by atomic mass is 10.0. The number of nitrogens with one attached hydrogen (secondary N) is 1. The highest BCUT2D eigenvalue weighted by Gasteiger charge is 2.15. The fourth-order valence-corrected chi connectivity index (χ4v) is 3.00. The summed E-state index contributed by atoms with van der Waals surface area (Å²) in [6.07, 6.45) is 5.25. The minimum atomic E-state index is -0.245. The molecule has 0 fully saturated rings. The molecule has 0 aliphatic heterocycles. The van der Waals surface area contributed by atoms with Gasteiger partial charge in [0.25, 0.3) is 5.91 Å². The molecule has 4 aromatic rings. The quantitative estimate of drug-likeness (QED) is 0.594. The van der Waals surface area contributed by atoms with Gasteiger partial charge in [-0.2, -0.15) is 5.10 Å². The number of pyridine rings is 1. The van der Waals surface area contributed by atoms with Crippen LogP contribution in [0.2, 0.25) is 0 Å². The Morgan fingerprint density at radius 2 is 2.00 bits per heavy atom. The Morgan fingerprint density at radius 1 is 1.11 bits per heavy atom. The molecule has 0 saturated heterocycles. The highest BCUT2D eigenvalue weighted by molar-refractivity contribution is 5.95. The van der Waals surface area contributed by atoms with Crippen molar-refractivity contribution in [2.75, 3.05) is 7.11 Å². The van der Waals surface area contributed by atoms with Crippen LogP contribution in [0.5, 0.6) is 5.75 Å². The smallest absolute Gasteiger partial charge is 0.272 e. The number of benzene rings is 1. The Hall–Kier alpha value is -3.67. The molecule has 1 amide bonds. The van der Waals surface area contributed by atoms with Gasteiger partial charge in [0.15, 0.2) is 0 Å². The van der Waals surface area contributed by atoms with Crippen molar-refractivity contribution in [2.24, 2.45) is 0 Å². The van der Waals surface area contributed by atoms with Crippen molar-refractivity contribution in [3.05, 3.63) is 84.4 Å². The minimum absolute atomic E-state index is 0.245. The van der Waals surface area contributed by atoms with Crippen molar-refractivity contribution in [2.45, 2.75) is 6.54 Å². The standard InChI is InChI=1S/C21H18N4O2/c1-27-20-9-3-2-7-16(20)17-12-18(24-25-11-5-8-19(17)25)21(26)23-14-15-6-4-10-22-13-15/h2-13H,14H2,1H3,(H,23,26). The maximum atomic E-state index is 12.7. The van der Waals surface area contributed by atoms with Gasteiger partial charge in [0.2, 0.25) is 0 Å². The molecular weight excluding hydrogens is 340 g/mol. The van der Waals surface area contributed by atoms with Crippen LogP contribution in [0.3, 0.4) is 0 Å². The first-order chi connectivity index (χ1) is 13.3. The lowest BCUT2D eigenvalue weighted by molar-refractivity contribution is 0.0944. The monoisotopic (exact) mass is 358 g/mol. The van der Waals surface area contributed by atoms with Crippen molar-refractivity contribution < 1.29 is 9.53 Å². The van der Waals surface area contributed by atoms with E-state index in [1.54, 1.807) is 30.1 Å². The Bertz CT molecular complexity index is 1090. The number of rotatable bonds is 5. The molecule has 1 N–H and O–H groups in total. The van der Waals surface area contributed by atoms with Gasteiger partial charge < -0.3 is 10.1 Å². The molecule has 1 aromatic carbocycles. The Kier molecular flexibility index (Phi) is 4.53. The first kappa shape index (κ1) is 16.8. The molecule has 3 aromatic heterocycles. The molecule has 3 heterocycles. The molecule has 0 radical (unpaired) electrons. The van der Waals surface area contributed by atoms with Gasteiger partial charge >= 0.3 is 0 Å².